The molecule has 8 nitrogen and oxygen atoms in total. The van der Waals surface area contributed by atoms with Crippen molar-refractivity contribution in [2.24, 2.45) is 0 Å². The van der Waals surface area contributed by atoms with Crippen LogP contribution in [0.3, 0.4) is 0 Å². The monoisotopic (exact) mass is 531 g/mol. The number of fused-ring (bicyclic) bond motifs is 1. The van der Waals surface area contributed by atoms with Gasteiger partial charge in [0.15, 0.2) is 0 Å². The minimum atomic E-state index is -0.979. The molecule has 5 rings (SSSR count). The number of ketones is 1. The molecule has 1 fully saturated rings. The van der Waals surface area contributed by atoms with Crippen molar-refractivity contribution in [3.63, 3.8) is 0 Å². The lowest BCUT2D eigenvalue weighted by Gasteiger charge is -2.23. The molecule has 0 bridgehead atoms. The molecule has 9 heteroatoms. The van der Waals surface area contributed by atoms with Crippen LogP contribution < -0.4 is 14.4 Å². The predicted molar refractivity (Wildman–Crippen MR) is 146 cm³/mol. The number of carbonyl (C=O) groups excluding carboxylic acids is 2. The van der Waals surface area contributed by atoms with Crippen molar-refractivity contribution in [2.45, 2.75) is 26.8 Å². The van der Waals surface area contributed by atoms with Gasteiger partial charge in [-0.25, -0.2) is 4.98 Å². The zero-order chi connectivity index (χ0) is 27.3. The van der Waals surface area contributed by atoms with Gasteiger partial charge in [0.2, 0.25) is 5.95 Å². The molecule has 0 aliphatic carbocycles. The van der Waals surface area contributed by atoms with E-state index in [2.05, 4.69) is 9.97 Å². The Morgan fingerprint density at radius 1 is 1.00 bits per heavy atom. The van der Waals surface area contributed by atoms with Crippen molar-refractivity contribution in [1.29, 1.82) is 0 Å². The molecule has 0 spiro atoms. The second-order valence-corrected chi connectivity index (χ2v) is 9.69. The van der Waals surface area contributed by atoms with Crippen LogP contribution in [0.5, 0.6) is 11.5 Å². The SMILES string of the molecule is COc1ccc(C2/C(=C(\O)c3cc(C)cc(Cl)c3OC)C(=O)C(=O)N2c2nc3cc(C)c(C)cc3[nH]2)cc1. The van der Waals surface area contributed by atoms with Crippen LogP contribution in [0, 0.1) is 20.8 Å². The minimum Gasteiger partial charge on any atom is -0.507 e. The van der Waals surface area contributed by atoms with Crippen LogP contribution in [0.25, 0.3) is 16.8 Å². The Morgan fingerprint density at radius 2 is 1.68 bits per heavy atom. The second-order valence-electron chi connectivity index (χ2n) is 9.28. The van der Waals surface area contributed by atoms with Gasteiger partial charge in [0, 0.05) is 0 Å². The van der Waals surface area contributed by atoms with E-state index >= 15 is 0 Å². The number of aliphatic hydroxyl groups excluding tert-OH is 1. The number of H-pyrrole nitrogens is 1. The molecule has 38 heavy (non-hydrogen) atoms. The fourth-order valence-electron chi connectivity index (χ4n) is 4.78. The summed E-state index contributed by atoms with van der Waals surface area (Å²) >= 11 is 6.38. The largest absolute Gasteiger partial charge is 0.507 e. The van der Waals surface area contributed by atoms with E-state index in [-0.39, 0.29) is 27.9 Å². The molecule has 194 valence electrons. The number of methoxy groups -OCH3 is 2. The maximum atomic E-state index is 13.6. The van der Waals surface area contributed by atoms with E-state index in [1.54, 1.807) is 50.4 Å². The number of carbonyl (C=O) groups is 2. The van der Waals surface area contributed by atoms with Gasteiger partial charge in [-0.15, -0.1) is 0 Å². The predicted octanol–water partition coefficient (Wildman–Crippen LogP) is 5.79. The molecule has 1 saturated heterocycles. The number of halogens is 1. The lowest BCUT2D eigenvalue weighted by atomic mass is 9.94. The fraction of sp³-hybridized carbons (Fsp3) is 0.207. The molecule has 2 N–H and O–H groups in total. The fourth-order valence-corrected chi connectivity index (χ4v) is 5.13. The second kappa shape index (κ2) is 9.54. The zero-order valence-electron chi connectivity index (χ0n) is 21.5. The highest BCUT2D eigenvalue weighted by molar-refractivity contribution is 6.51. The van der Waals surface area contributed by atoms with Crippen LogP contribution in [0.2, 0.25) is 5.02 Å². The summed E-state index contributed by atoms with van der Waals surface area (Å²) in [5.41, 5.74) is 4.93. The van der Waals surface area contributed by atoms with E-state index in [0.29, 0.717) is 16.8 Å². The van der Waals surface area contributed by atoms with E-state index in [1.807, 2.05) is 26.0 Å². The maximum absolute atomic E-state index is 13.6. The van der Waals surface area contributed by atoms with Gasteiger partial charge in [0.1, 0.15) is 17.3 Å². The number of aromatic nitrogens is 2. The molecule has 2 heterocycles. The summed E-state index contributed by atoms with van der Waals surface area (Å²) in [6, 6.07) is 13.2. The number of rotatable bonds is 5. The summed E-state index contributed by atoms with van der Waals surface area (Å²) in [6.07, 6.45) is 0. The number of hydrogen-bond acceptors (Lipinski definition) is 6. The van der Waals surface area contributed by atoms with Gasteiger partial charge in [-0.3, -0.25) is 14.5 Å². The number of nitrogens with zero attached hydrogens (tertiary/aromatic N) is 2. The normalized spacial score (nSPS) is 16.9. The average molecular weight is 532 g/mol. The number of nitrogens with one attached hydrogen (secondary N) is 1. The molecule has 1 unspecified atom stereocenters. The number of anilines is 1. The molecular formula is C29H26ClN3O5. The van der Waals surface area contributed by atoms with Crippen LogP contribution in [-0.4, -0.2) is 41.0 Å². The van der Waals surface area contributed by atoms with E-state index in [9.17, 15) is 14.7 Å². The Morgan fingerprint density at radius 3 is 2.34 bits per heavy atom. The number of hydrogen-bond donors (Lipinski definition) is 2. The first-order valence-corrected chi connectivity index (χ1v) is 12.3. The van der Waals surface area contributed by atoms with Crippen LogP contribution in [0.1, 0.15) is 33.9 Å². The lowest BCUT2D eigenvalue weighted by molar-refractivity contribution is -0.132. The van der Waals surface area contributed by atoms with E-state index in [1.165, 1.54) is 12.0 Å². The van der Waals surface area contributed by atoms with Gasteiger partial charge in [0.05, 0.1) is 47.5 Å². The van der Waals surface area contributed by atoms with Crippen molar-refractivity contribution < 1.29 is 24.2 Å². The number of benzene rings is 3. The quantitative estimate of drug-likeness (QED) is 0.192. The van der Waals surface area contributed by atoms with Crippen LogP contribution in [0.4, 0.5) is 5.95 Å². The average Bonchev–Trinajstić information content (AvgIpc) is 3.40. The third-order valence-electron chi connectivity index (χ3n) is 6.84. The third kappa shape index (κ3) is 4.07. The summed E-state index contributed by atoms with van der Waals surface area (Å²) in [5.74, 6) is -1.07. The van der Waals surface area contributed by atoms with E-state index in [4.69, 9.17) is 21.1 Å². The smallest absolute Gasteiger partial charge is 0.302 e. The first kappa shape index (κ1) is 25.4. The van der Waals surface area contributed by atoms with Gasteiger partial charge >= 0.3 is 5.91 Å². The molecule has 3 aromatic carbocycles. The number of aliphatic hydroxyl groups is 1. The van der Waals surface area contributed by atoms with Crippen molar-refractivity contribution in [1.82, 2.24) is 9.97 Å². The summed E-state index contributed by atoms with van der Waals surface area (Å²) in [5, 5.41) is 11.8. The topological polar surface area (TPSA) is 105 Å². The number of aromatic amines is 1. The van der Waals surface area contributed by atoms with E-state index in [0.717, 1.165) is 22.2 Å². The lowest BCUT2D eigenvalue weighted by Crippen LogP contribution is -2.30. The Bertz CT molecular complexity index is 1600. The van der Waals surface area contributed by atoms with Crippen molar-refractivity contribution in [2.75, 3.05) is 19.1 Å². The van der Waals surface area contributed by atoms with Crippen LogP contribution in [0.15, 0.2) is 54.1 Å². The Hall–Kier alpha value is -4.30. The maximum Gasteiger partial charge on any atom is 0.302 e. The highest BCUT2D eigenvalue weighted by atomic mass is 35.5. The molecule has 1 aromatic heterocycles. The van der Waals surface area contributed by atoms with Gasteiger partial charge in [-0.05, 0) is 79.4 Å². The number of amides is 1. The van der Waals surface area contributed by atoms with Gasteiger partial charge in [-0.1, -0.05) is 23.7 Å². The highest BCUT2D eigenvalue weighted by Crippen LogP contribution is 2.44. The molecule has 1 amide bonds. The molecule has 0 radical (unpaired) electrons. The standard InChI is InChI=1S/C29H26ClN3O5/c1-14-10-19(27(38-5)20(30)11-14)25(34)23-24(17-6-8-18(37-4)9-7-17)33(28(36)26(23)35)29-31-21-12-15(2)16(3)13-22(21)32-29/h6-13,24,34H,1-5H3,(H,31,32)/b25-23+. The molecule has 1 aliphatic rings. The van der Waals surface area contributed by atoms with Gasteiger partial charge < -0.3 is 19.6 Å². The number of imidazole rings is 1. The Labute approximate surface area is 224 Å². The van der Waals surface area contributed by atoms with Crippen LogP contribution >= 0.6 is 11.6 Å². The Kier molecular flexibility index (Phi) is 6.36. The number of aryl methyl sites for hydroxylation is 3. The molecule has 1 aliphatic heterocycles. The summed E-state index contributed by atoms with van der Waals surface area (Å²) in [7, 11) is 2.97. The van der Waals surface area contributed by atoms with Crippen molar-refractivity contribution in [3.8, 4) is 11.5 Å². The molecule has 4 aromatic rings. The minimum absolute atomic E-state index is 0.104. The van der Waals surface area contributed by atoms with Gasteiger partial charge in [-0.2, -0.15) is 0 Å². The zero-order valence-corrected chi connectivity index (χ0v) is 22.3. The third-order valence-corrected chi connectivity index (χ3v) is 7.12. The molecular weight excluding hydrogens is 506 g/mol. The highest BCUT2D eigenvalue weighted by Gasteiger charge is 2.48. The van der Waals surface area contributed by atoms with Crippen molar-refractivity contribution >= 4 is 46.0 Å². The first-order valence-electron chi connectivity index (χ1n) is 11.9. The number of Topliss-reactive ketones (excluding diaryl/α,β-unsaturated/α-hetero) is 1. The molecule has 0 saturated carbocycles. The van der Waals surface area contributed by atoms with E-state index < -0.39 is 23.5 Å². The van der Waals surface area contributed by atoms with Gasteiger partial charge in [0.25, 0.3) is 5.78 Å². The summed E-state index contributed by atoms with van der Waals surface area (Å²) in [4.78, 5) is 36.2. The van der Waals surface area contributed by atoms with Crippen LogP contribution in [-0.2, 0) is 9.59 Å². The Balaban J connectivity index is 1.77. The summed E-state index contributed by atoms with van der Waals surface area (Å²) in [6.45, 7) is 5.77. The van der Waals surface area contributed by atoms with Crippen molar-refractivity contribution in [3.05, 3.63) is 86.9 Å². The first-order chi connectivity index (χ1) is 18.1. The summed E-state index contributed by atoms with van der Waals surface area (Å²) < 4.78 is 10.7. The number of ether oxygens (including phenoxy) is 2. The molecule has 1 atom stereocenters.